The van der Waals surface area contributed by atoms with E-state index in [2.05, 4.69) is 10.4 Å². The van der Waals surface area contributed by atoms with Crippen molar-refractivity contribution in [2.75, 3.05) is 5.32 Å². The summed E-state index contributed by atoms with van der Waals surface area (Å²) >= 11 is 5.95. The Morgan fingerprint density at radius 3 is 2.74 bits per heavy atom. The fraction of sp³-hybridized carbons (Fsp3) is 0.0435. The van der Waals surface area contributed by atoms with Gasteiger partial charge in [0.1, 0.15) is 6.26 Å². The second kappa shape index (κ2) is 7.14. The van der Waals surface area contributed by atoms with Crippen LogP contribution >= 0.6 is 11.6 Å². The minimum Gasteiger partial charge on any atom is -0.460 e. The van der Waals surface area contributed by atoms with Crippen molar-refractivity contribution in [2.45, 2.75) is 6.92 Å². The van der Waals surface area contributed by atoms with Crippen molar-refractivity contribution < 1.29 is 13.6 Å². The van der Waals surface area contributed by atoms with Crippen LogP contribution in [0.5, 0.6) is 0 Å². The van der Waals surface area contributed by atoms with E-state index in [1.165, 1.54) is 12.3 Å². The van der Waals surface area contributed by atoms with Crippen LogP contribution in [0.3, 0.4) is 0 Å². The van der Waals surface area contributed by atoms with Gasteiger partial charge >= 0.3 is 0 Å². The van der Waals surface area contributed by atoms with E-state index < -0.39 is 11.7 Å². The van der Waals surface area contributed by atoms with Crippen molar-refractivity contribution in [1.82, 2.24) is 9.78 Å². The predicted octanol–water partition coefficient (Wildman–Crippen LogP) is 5.42. The fourth-order valence-electron chi connectivity index (χ4n) is 3.71. The van der Waals surface area contributed by atoms with Gasteiger partial charge in [0.2, 0.25) is 0 Å². The number of aromatic nitrogens is 2. The van der Waals surface area contributed by atoms with E-state index in [9.17, 15) is 14.0 Å². The zero-order valence-electron chi connectivity index (χ0n) is 16.2. The lowest BCUT2D eigenvalue weighted by Gasteiger charge is -2.12. The van der Waals surface area contributed by atoms with Crippen LogP contribution in [0.2, 0.25) is 5.02 Å². The second-order valence-electron chi connectivity index (χ2n) is 7.13. The number of carbonyl (C=O) groups excluding carboxylic acids is 1. The van der Waals surface area contributed by atoms with Gasteiger partial charge in [0.15, 0.2) is 11.4 Å². The van der Waals surface area contributed by atoms with Gasteiger partial charge in [0.25, 0.3) is 11.5 Å². The number of nitrogens with one attached hydrogen (secondary N) is 2. The number of furan rings is 1. The summed E-state index contributed by atoms with van der Waals surface area (Å²) < 4.78 is 21.0. The van der Waals surface area contributed by atoms with Gasteiger partial charge in [-0.05, 0) is 42.8 Å². The summed E-state index contributed by atoms with van der Waals surface area (Å²) in [6.45, 7) is 1.93. The summed E-state index contributed by atoms with van der Waals surface area (Å²) in [6, 6.07) is 15.2. The Labute approximate surface area is 179 Å². The molecule has 0 aliphatic rings. The molecule has 0 atom stereocenters. The van der Waals surface area contributed by atoms with Crippen LogP contribution in [0.25, 0.3) is 27.6 Å². The van der Waals surface area contributed by atoms with Crippen molar-refractivity contribution in [3.63, 3.8) is 0 Å². The molecule has 2 aromatic heterocycles. The SMILES string of the molecule is Cc1ccccc1-n1[nH]c(=O)c2cccc(NC(=O)c3coc4c(F)cc(Cl)cc34)c21. The van der Waals surface area contributed by atoms with E-state index in [0.29, 0.717) is 16.6 Å². The Bertz CT molecular complexity index is 1550. The predicted molar refractivity (Wildman–Crippen MR) is 118 cm³/mol. The summed E-state index contributed by atoms with van der Waals surface area (Å²) in [5.74, 6) is -1.17. The Kier molecular flexibility index (Phi) is 4.41. The van der Waals surface area contributed by atoms with Gasteiger partial charge in [0.05, 0.1) is 27.8 Å². The third-order valence-corrected chi connectivity index (χ3v) is 5.38. The standard InChI is InChI=1S/C23H15ClFN3O3/c1-12-5-2-3-8-19(12)28-20-14(23(30)27-28)6-4-7-18(20)26-22(29)16-11-31-21-15(16)9-13(24)10-17(21)25/h2-11H,1H3,(H,26,29)(H,27,30). The Balaban J connectivity index is 1.65. The van der Waals surface area contributed by atoms with E-state index in [1.54, 1.807) is 22.9 Å². The number of H-pyrrole nitrogens is 1. The lowest BCUT2D eigenvalue weighted by molar-refractivity contribution is 0.102. The molecule has 1 amide bonds. The number of rotatable bonds is 3. The van der Waals surface area contributed by atoms with Crippen LogP contribution in [0, 0.1) is 12.7 Å². The Morgan fingerprint density at radius 1 is 1.13 bits per heavy atom. The van der Waals surface area contributed by atoms with Crippen LogP contribution in [-0.2, 0) is 0 Å². The molecule has 154 valence electrons. The van der Waals surface area contributed by atoms with Gasteiger partial charge in [-0.2, -0.15) is 0 Å². The molecule has 6 nitrogen and oxygen atoms in total. The number of hydrogen-bond donors (Lipinski definition) is 2. The van der Waals surface area contributed by atoms with Gasteiger partial charge < -0.3 is 9.73 Å². The van der Waals surface area contributed by atoms with Crippen LogP contribution in [0.4, 0.5) is 10.1 Å². The zero-order chi connectivity index (χ0) is 21.7. The molecule has 0 bridgehead atoms. The molecule has 5 rings (SSSR count). The highest BCUT2D eigenvalue weighted by molar-refractivity contribution is 6.31. The first-order chi connectivity index (χ1) is 14.9. The number of halogens is 2. The maximum atomic E-state index is 14.1. The van der Waals surface area contributed by atoms with Crippen molar-refractivity contribution in [3.05, 3.63) is 93.2 Å². The maximum absolute atomic E-state index is 14.1. The zero-order valence-corrected chi connectivity index (χ0v) is 17.0. The van der Waals surface area contributed by atoms with E-state index in [-0.39, 0.29) is 27.1 Å². The lowest BCUT2D eigenvalue weighted by atomic mass is 10.1. The van der Waals surface area contributed by atoms with Crippen LogP contribution in [-0.4, -0.2) is 15.7 Å². The molecule has 0 aliphatic heterocycles. The van der Waals surface area contributed by atoms with E-state index in [0.717, 1.165) is 17.3 Å². The molecule has 0 unspecified atom stereocenters. The molecule has 0 fully saturated rings. The highest BCUT2D eigenvalue weighted by Crippen LogP contribution is 2.30. The molecule has 5 aromatic rings. The highest BCUT2D eigenvalue weighted by atomic mass is 35.5. The van der Waals surface area contributed by atoms with Gasteiger partial charge in [-0.15, -0.1) is 0 Å². The fourth-order valence-corrected chi connectivity index (χ4v) is 3.91. The number of anilines is 1. The molecule has 0 radical (unpaired) electrons. The summed E-state index contributed by atoms with van der Waals surface area (Å²) in [6.07, 6.45) is 1.19. The van der Waals surface area contributed by atoms with Gasteiger partial charge in [-0.1, -0.05) is 35.9 Å². The number of benzene rings is 3. The number of para-hydroxylation sites is 2. The van der Waals surface area contributed by atoms with Crippen molar-refractivity contribution in [1.29, 1.82) is 0 Å². The lowest BCUT2D eigenvalue weighted by Crippen LogP contribution is -2.12. The average molecular weight is 436 g/mol. The molecule has 8 heteroatoms. The third-order valence-electron chi connectivity index (χ3n) is 5.16. The van der Waals surface area contributed by atoms with Crippen LogP contribution < -0.4 is 10.9 Å². The molecule has 3 aromatic carbocycles. The largest absolute Gasteiger partial charge is 0.460 e. The number of amides is 1. The number of aryl methyl sites for hydroxylation is 1. The van der Waals surface area contributed by atoms with Gasteiger partial charge in [-0.3, -0.25) is 19.4 Å². The Hall–Kier alpha value is -3.84. The summed E-state index contributed by atoms with van der Waals surface area (Å²) in [4.78, 5) is 25.6. The Morgan fingerprint density at radius 2 is 1.94 bits per heavy atom. The topological polar surface area (TPSA) is 80.0 Å². The van der Waals surface area contributed by atoms with Gasteiger partial charge in [0, 0.05) is 10.4 Å². The molecular weight excluding hydrogens is 421 g/mol. The molecule has 0 aliphatic carbocycles. The van der Waals surface area contributed by atoms with Crippen molar-refractivity contribution in [3.8, 4) is 5.69 Å². The second-order valence-corrected chi connectivity index (χ2v) is 7.57. The van der Waals surface area contributed by atoms with E-state index in [4.69, 9.17) is 16.0 Å². The first-order valence-electron chi connectivity index (χ1n) is 9.41. The monoisotopic (exact) mass is 435 g/mol. The summed E-state index contributed by atoms with van der Waals surface area (Å²) in [5.41, 5.74) is 2.46. The molecule has 0 saturated heterocycles. The minimum absolute atomic E-state index is 0.0498. The van der Waals surface area contributed by atoms with E-state index in [1.807, 2.05) is 31.2 Å². The van der Waals surface area contributed by atoms with Crippen LogP contribution in [0.1, 0.15) is 15.9 Å². The number of hydrogen-bond acceptors (Lipinski definition) is 3. The third kappa shape index (κ3) is 3.10. The van der Waals surface area contributed by atoms with Crippen molar-refractivity contribution >= 4 is 45.1 Å². The molecule has 2 N–H and O–H groups in total. The van der Waals surface area contributed by atoms with Crippen LogP contribution in [0.15, 0.2) is 70.1 Å². The molecular formula is C23H15ClFN3O3. The smallest absolute Gasteiger partial charge is 0.272 e. The number of nitrogens with zero attached hydrogens (tertiary/aromatic N) is 1. The maximum Gasteiger partial charge on any atom is 0.272 e. The minimum atomic E-state index is -0.650. The first kappa shape index (κ1) is 19.1. The number of carbonyl (C=O) groups is 1. The molecule has 0 spiro atoms. The van der Waals surface area contributed by atoms with Gasteiger partial charge in [-0.25, -0.2) is 4.39 Å². The molecule has 2 heterocycles. The highest BCUT2D eigenvalue weighted by Gasteiger charge is 2.20. The summed E-state index contributed by atoms with van der Waals surface area (Å²) in [7, 11) is 0. The molecule has 31 heavy (non-hydrogen) atoms. The first-order valence-corrected chi connectivity index (χ1v) is 9.79. The van der Waals surface area contributed by atoms with Crippen molar-refractivity contribution in [2.24, 2.45) is 0 Å². The average Bonchev–Trinajstić information content (AvgIpc) is 3.31. The number of fused-ring (bicyclic) bond motifs is 2. The number of aromatic amines is 1. The van der Waals surface area contributed by atoms with E-state index >= 15 is 0 Å². The summed E-state index contributed by atoms with van der Waals surface area (Å²) in [5, 5.41) is 6.49. The molecule has 0 saturated carbocycles. The normalized spacial score (nSPS) is 11.3. The quantitative estimate of drug-likeness (QED) is 0.397.